The van der Waals surface area contributed by atoms with Crippen LogP contribution in [0.3, 0.4) is 0 Å². The first kappa shape index (κ1) is 24.8. The number of ether oxygens (including phenoxy) is 4. The first-order valence-electron chi connectivity index (χ1n) is 10.2. The van der Waals surface area contributed by atoms with E-state index in [0.717, 1.165) is 0 Å². The molecule has 32 heavy (non-hydrogen) atoms. The van der Waals surface area contributed by atoms with Gasteiger partial charge in [0.15, 0.2) is 6.29 Å². The molecule has 1 aromatic rings. The van der Waals surface area contributed by atoms with Gasteiger partial charge in [-0.1, -0.05) is 18.2 Å². The van der Waals surface area contributed by atoms with Crippen molar-refractivity contribution >= 4 is 5.91 Å². The Kier molecular flexibility index (Phi) is 8.38. The molecule has 10 atom stereocenters. The summed E-state index contributed by atoms with van der Waals surface area (Å²) < 4.78 is 22.5. The van der Waals surface area contributed by atoms with Gasteiger partial charge in [0.2, 0.25) is 12.2 Å². The number of para-hydroxylation sites is 1. The molecule has 0 unspecified atom stereocenters. The summed E-state index contributed by atoms with van der Waals surface area (Å²) in [6, 6.07) is 7.35. The number of nitrogens with one attached hydrogen (secondary N) is 1. The number of carbonyl (C=O) groups excluding carboxylic acids is 1. The summed E-state index contributed by atoms with van der Waals surface area (Å²) in [6.07, 6.45) is -13.1. The van der Waals surface area contributed by atoms with E-state index < -0.39 is 80.5 Å². The molecule has 0 bridgehead atoms. The predicted molar refractivity (Wildman–Crippen MR) is 105 cm³/mol. The average Bonchev–Trinajstić information content (AvgIpc) is 2.78. The Balaban J connectivity index is 1.87. The molecule has 0 aromatic heterocycles. The lowest BCUT2D eigenvalue weighted by molar-refractivity contribution is -0.339. The summed E-state index contributed by atoms with van der Waals surface area (Å²) in [5.41, 5.74) is 0. The van der Waals surface area contributed by atoms with Crippen molar-refractivity contribution in [2.45, 2.75) is 68.3 Å². The minimum atomic E-state index is -1.73. The van der Waals surface area contributed by atoms with Crippen LogP contribution in [0.5, 0.6) is 5.75 Å². The quantitative estimate of drug-likeness (QED) is 0.218. The second-order valence-electron chi connectivity index (χ2n) is 7.67. The highest BCUT2D eigenvalue weighted by atomic mass is 16.7. The Hall–Kier alpha value is -1.87. The van der Waals surface area contributed by atoms with Crippen molar-refractivity contribution in [3.05, 3.63) is 30.3 Å². The van der Waals surface area contributed by atoms with Crippen LogP contribution in [0.25, 0.3) is 0 Å². The van der Waals surface area contributed by atoms with Crippen LogP contribution in [0.1, 0.15) is 6.92 Å². The van der Waals surface area contributed by atoms with Crippen LogP contribution in [-0.2, 0) is 19.0 Å². The normalized spacial score (nSPS) is 40.0. The van der Waals surface area contributed by atoms with Gasteiger partial charge in [-0.05, 0) is 12.1 Å². The van der Waals surface area contributed by atoms with Crippen LogP contribution in [0.2, 0.25) is 0 Å². The minimum absolute atomic E-state index is 0.382. The molecule has 12 nitrogen and oxygen atoms in total. The number of aliphatic hydroxyl groups is 6. The number of amides is 1. The van der Waals surface area contributed by atoms with Crippen molar-refractivity contribution in [3.8, 4) is 5.75 Å². The van der Waals surface area contributed by atoms with Gasteiger partial charge in [-0.2, -0.15) is 0 Å². The van der Waals surface area contributed by atoms with Crippen molar-refractivity contribution in [2.24, 2.45) is 0 Å². The molecule has 2 aliphatic rings. The maximum absolute atomic E-state index is 11.9. The van der Waals surface area contributed by atoms with Gasteiger partial charge in [-0.15, -0.1) is 0 Å². The smallest absolute Gasteiger partial charge is 0.223 e. The van der Waals surface area contributed by atoms with Crippen LogP contribution in [-0.4, -0.2) is 111 Å². The highest BCUT2D eigenvalue weighted by Crippen LogP contribution is 2.30. The zero-order valence-electron chi connectivity index (χ0n) is 17.3. The molecule has 0 saturated carbocycles. The molecule has 2 heterocycles. The van der Waals surface area contributed by atoms with Crippen molar-refractivity contribution in [1.29, 1.82) is 0 Å². The van der Waals surface area contributed by atoms with Gasteiger partial charge in [0.05, 0.1) is 13.2 Å². The zero-order chi connectivity index (χ0) is 23.4. The third-order valence-electron chi connectivity index (χ3n) is 5.36. The summed E-state index contributed by atoms with van der Waals surface area (Å²) in [5.74, 6) is -0.121. The number of hydrogen-bond acceptors (Lipinski definition) is 11. The lowest BCUT2D eigenvalue weighted by Gasteiger charge is -2.47. The van der Waals surface area contributed by atoms with Gasteiger partial charge < -0.3 is 54.9 Å². The Bertz CT molecular complexity index is 736. The first-order chi connectivity index (χ1) is 15.3. The van der Waals surface area contributed by atoms with E-state index in [4.69, 9.17) is 18.9 Å². The first-order valence-corrected chi connectivity index (χ1v) is 10.2. The van der Waals surface area contributed by atoms with E-state index in [0.29, 0.717) is 5.75 Å². The molecule has 0 spiro atoms. The molecule has 7 N–H and O–H groups in total. The summed E-state index contributed by atoms with van der Waals surface area (Å²) in [5, 5.41) is 62.7. The molecule has 3 rings (SSSR count). The molecular formula is C20H29NO11. The number of hydrogen-bond donors (Lipinski definition) is 7. The van der Waals surface area contributed by atoms with Crippen LogP contribution in [0, 0.1) is 0 Å². The SMILES string of the molecule is CC(=O)N[C@H]1[C@@H](Oc2ccccc2)O[C@H](CO)[C@H](O)[C@@H]1O[C@@H]1O[C@H](CO)[C@H](O)[C@H](O)[C@H]1O. The van der Waals surface area contributed by atoms with Crippen molar-refractivity contribution in [2.75, 3.05) is 13.2 Å². The highest BCUT2D eigenvalue weighted by Gasteiger charge is 2.52. The summed E-state index contributed by atoms with van der Waals surface area (Å²) in [7, 11) is 0. The molecule has 2 fully saturated rings. The van der Waals surface area contributed by atoms with E-state index in [-0.39, 0.29) is 0 Å². The molecule has 1 amide bonds. The molecule has 2 saturated heterocycles. The van der Waals surface area contributed by atoms with E-state index in [1.165, 1.54) is 6.92 Å². The Morgan fingerprint density at radius 3 is 2.09 bits per heavy atom. The van der Waals surface area contributed by atoms with Gasteiger partial charge in [0.25, 0.3) is 0 Å². The lowest BCUT2D eigenvalue weighted by Crippen LogP contribution is -2.68. The Morgan fingerprint density at radius 2 is 1.50 bits per heavy atom. The van der Waals surface area contributed by atoms with Crippen molar-refractivity contribution in [1.82, 2.24) is 5.32 Å². The summed E-state index contributed by atoms with van der Waals surface area (Å²) >= 11 is 0. The fraction of sp³-hybridized carbons (Fsp3) is 0.650. The summed E-state index contributed by atoms with van der Waals surface area (Å²) in [4.78, 5) is 11.9. The standard InChI is InChI=1S/C20H29NO11/c1-9(24)21-13-18(32-20-17(28)16(27)14(25)11(7-22)31-20)15(26)12(8-23)30-19(13)29-10-5-3-2-4-6-10/h2-6,11-20,22-23,25-28H,7-8H2,1H3,(H,21,24)/t11-,12-,13-,14+,15+,16+,17-,18-,19+,20+/m1/s1. The zero-order valence-corrected chi connectivity index (χ0v) is 17.3. The maximum Gasteiger partial charge on any atom is 0.223 e. The maximum atomic E-state index is 11.9. The van der Waals surface area contributed by atoms with E-state index in [1.807, 2.05) is 0 Å². The van der Waals surface area contributed by atoms with Gasteiger partial charge in [-0.25, -0.2) is 0 Å². The van der Waals surface area contributed by atoms with E-state index >= 15 is 0 Å². The van der Waals surface area contributed by atoms with E-state index in [1.54, 1.807) is 30.3 Å². The number of aliphatic hydroxyl groups excluding tert-OH is 6. The van der Waals surface area contributed by atoms with Gasteiger partial charge >= 0.3 is 0 Å². The fourth-order valence-electron chi connectivity index (χ4n) is 3.69. The van der Waals surface area contributed by atoms with Gasteiger partial charge in [-0.3, -0.25) is 4.79 Å². The second kappa shape index (κ2) is 10.8. The fourth-order valence-corrected chi connectivity index (χ4v) is 3.69. The molecule has 1 aromatic carbocycles. The molecule has 0 radical (unpaired) electrons. The van der Waals surface area contributed by atoms with Gasteiger partial charge in [0, 0.05) is 6.92 Å². The summed E-state index contributed by atoms with van der Waals surface area (Å²) in [6.45, 7) is -0.0541. The molecule has 12 heteroatoms. The monoisotopic (exact) mass is 459 g/mol. The molecule has 2 aliphatic heterocycles. The number of benzene rings is 1. The topological polar surface area (TPSA) is 187 Å². The highest BCUT2D eigenvalue weighted by molar-refractivity contribution is 5.73. The van der Waals surface area contributed by atoms with E-state index in [2.05, 4.69) is 5.32 Å². The molecular weight excluding hydrogens is 430 g/mol. The average molecular weight is 459 g/mol. The van der Waals surface area contributed by atoms with Gasteiger partial charge in [0.1, 0.15) is 54.5 Å². The van der Waals surface area contributed by atoms with Crippen molar-refractivity contribution < 1.29 is 54.4 Å². The largest absolute Gasteiger partial charge is 0.463 e. The third-order valence-corrected chi connectivity index (χ3v) is 5.36. The minimum Gasteiger partial charge on any atom is -0.463 e. The third kappa shape index (κ3) is 5.36. The lowest BCUT2D eigenvalue weighted by atomic mass is 9.95. The Morgan fingerprint density at radius 1 is 0.906 bits per heavy atom. The molecule has 0 aliphatic carbocycles. The van der Waals surface area contributed by atoms with Crippen LogP contribution < -0.4 is 10.1 Å². The predicted octanol–water partition coefficient (Wildman–Crippen LogP) is -3.17. The van der Waals surface area contributed by atoms with Crippen molar-refractivity contribution in [3.63, 3.8) is 0 Å². The van der Waals surface area contributed by atoms with Crippen LogP contribution >= 0.6 is 0 Å². The van der Waals surface area contributed by atoms with Crippen LogP contribution in [0.4, 0.5) is 0 Å². The van der Waals surface area contributed by atoms with E-state index in [9.17, 15) is 35.4 Å². The second-order valence-corrected chi connectivity index (χ2v) is 7.67. The van der Waals surface area contributed by atoms with Crippen LogP contribution in [0.15, 0.2) is 30.3 Å². The Labute approximate surface area is 183 Å². The number of rotatable bonds is 7. The number of carbonyl (C=O) groups is 1. The molecule has 180 valence electrons.